The molecule has 4 heteroatoms. The van der Waals surface area contributed by atoms with Gasteiger partial charge in [-0.3, -0.25) is 0 Å². The fourth-order valence-corrected chi connectivity index (χ4v) is 4.66. The van der Waals surface area contributed by atoms with Gasteiger partial charge in [0, 0.05) is 19.3 Å². The molecule has 98 valence electrons. The summed E-state index contributed by atoms with van der Waals surface area (Å²) in [5.74, 6) is 0. The first-order chi connectivity index (χ1) is 9.29. The Morgan fingerprint density at radius 3 is 2.79 bits per heavy atom. The highest BCUT2D eigenvalue weighted by atomic mass is 35.5. The first-order valence-corrected chi connectivity index (χ1v) is 8.31. The number of thiophene rings is 2. The molecule has 2 heterocycles. The van der Waals surface area contributed by atoms with E-state index in [0.717, 1.165) is 17.1 Å². The average molecular weight is 308 g/mol. The van der Waals surface area contributed by atoms with Gasteiger partial charge in [-0.25, -0.2) is 0 Å². The van der Waals surface area contributed by atoms with Crippen molar-refractivity contribution in [2.45, 2.75) is 13.0 Å². The van der Waals surface area contributed by atoms with E-state index in [4.69, 9.17) is 11.6 Å². The lowest BCUT2D eigenvalue weighted by atomic mass is 10.1. The Labute approximate surface area is 125 Å². The van der Waals surface area contributed by atoms with Gasteiger partial charge in [0.05, 0.1) is 6.04 Å². The maximum Gasteiger partial charge on any atom is 0.0686 e. The van der Waals surface area contributed by atoms with Crippen molar-refractivity contribution in [3.05, 3.63) is 57.2 Å². The van der Waals surface area contributed by atoms with E-state index >= 15 is 0 Å². The summed E-state index contributed by atoms with van der Waals surface area (Å²) in [5, 5.41) is 6.50. The van der Waals surface area contributed by atoms with Crippen LogP contribution in [0.1, 0.15) is 23.4 Å². The minimum Gasteiger partial charge on any atom is -0.306 e. The third-order valence-corrected chi connectivity index (χ3v) is 5.57. The van der Waals surface area contributed by atoms with Crippen molar-refractivity contribution < 1.29 is 0 Å². The average Bonchev–Trinajstić information content (AvgIpc) is 2.97. The molecular weight excluding hydrogens is 294 g/mol. The molecule has 0 aliphatic rings. The molecule has 3 aromatic rings. The summed E-state index contributed by atoms with van der Waals surface area (Å²) in [7, 11) is 0. The van der Waals surface area contributed by atoms with E-state index in [1.54, 1.807) is 11.3 Å². The second-order valence-corrected chi connectivity index (χ2v) is 6.78. The molecule has 2 aromatic heterocycles. The predicted octanol–water partition coefficient (Wildman–Crippen LogP) is 5.32. The summed E-state index contributed by atoms with van der Waals surface area (Å²) in [6, 6.07) is 12.7. The fraction of sp³-hybridized carbons (Fsp3) is 0.200. The van der Waals surface area contributed by atoms with Gasteiger partial charge in [0.25, 0.3) is 0 Å². The lowest BCUT2D eigenvalue weighted by Crippen LogP contribution is -2.21. The van der Waals surface area contributed by atoms with E-state index in [0.29, 0.717) is 0 Å². The monoisotopic (exact) mass is 307 g/mol. The molecule has 1 aromatic carbocycles. The molecule has 1 atom stereocenters. The summed E-state index contributed by atoms with van der Waals surface area (Å²) in [4.78, 5) is 1.33. The van der Waals surface area contributed by atoms with Gasteiger partial charge in [-0.05, 0) is 35.7 Å². The van der Waals surface area contributed by atoms with Crippen LogP contribution in [0, 0.1) is 0 Å². The van der Waals surface area contributed by atoms with Crippen LogP contribution in [0.15, 0.2) is 41.8 Å². The molecule has 1 N–H and O–H groups in total. The van der Waals surface area contributed by atoms with Gasteiger partial charge in [-0.2, -0.15) is 0 Å². The van der Waals surface area contributed by atoms with E-state index in [1.165, 1.54) is 14.3 Å². The van der Waals surface area contributed by atoms with Crippen LogP contribution in [0.5, 0.6) is 0 Å². The summed E-state index contributed by atoms with van der Waals surface area (Å²) in [5.41, 5.74) is 1.15. The fourth-order valence-electron chi connectivity index (χ4n) is 2.20. The standard InChI is InChI=1S/C15H14ClNS2/c1-2-17-15(10-5-3-4-6-11(10)16)14-9-13-12(19-14)7-8-18-13/h3-9,15,17H,2H2,1H3. The first kappa shape index (κ1) is 13.1. The number of halogens is 1. The molecule has 0 spiro atoms. The summed E-state index contributed by atoms with van der Waals surface area (Å²) < 4.78 is 2.71. The summed E-state index contributed by atoms with van der Waals surface area (Å²) in [6.45, 7) is 3.04. The van der Waals surface area contributed by atoms with Crippen molar-refractivity contribution >= 4 is 43.7 Å². The number of benzene rings is 1. The lowest BCUT2D eigenvalue weighted by Gasteiger charge is -2.18. The Morgan fingerprint density at radius 2 is 2.05 bits per heavy atom. The third-order valence-electron chi connectivity index (χ3n) is 3.07. The second-order valence-electron chi connectivity index (χ2n) is 4.31. The summed E-state index contributed by atoms with van der Waals surface area (Å²) >= 11 is 9.98. The van der Waals surface area contributed by atoms with Crippen molar-refractivity contribution in [3.8, 4) is 0 Å². The topological polar surface area (TPSA) is 12.0 Å². The number of hydrogen-bond acceptors (Lipinski definition) is 3. The molecule has 1 unspecified atom stereocenters. The smallest absolute Gasteiger partial charge is 0.0686 e. The maximum absolute atomic E-state index is 6.34. The molecule has 0 amide bonds. The molecule has 0 saturated heterocycles. The molecule has 0 aliphatic carbocycles. The molecule has 0 radical (unpaired) electrons. The van der Waals surface area contributed by atoms with Crippen molar-refractivity contribution in [1.82, 2.24) is 5.32 Å². The van der Waals surface area contributed by atoms with Gasteiger partial charge in [0.2, 0.25) is 0 Å². The lowest BCUT2D eigenvalue weighted by molar-refractivity contribution is 0.640. The SMILES string of the molecule is CCNC(c1cc2sccc2s1)c1ccccc1Cl. The van der Waals surface area contributed by atoms with Crippen LogP contribution >= 0.6 is 34.3 Å². The van der Waals surface area contributed by atoms with Gasteiger partial charge < -0.3 is 5.32 Å². The van der Waals surface area contributed by atoms with Crippen molar-refractivity contribution in [2.24, 2.45) is 0 Å². The molecule has 1 nitrogen and oxygen atoms in total. The van der Waals surface area contributed by atoms with Crippen molar-refractivity contribution in [3.63, 3.8) is 0 Å². The maximum atomic E-state index is 6.34. The van der Waals surface area contributed by atoms with E-state index < -0.39 is 0 Å². The molecule has 0 bridgehead atoms. The zero-order chi connectivity index (χ0) is 13.2. The normalized spacial score (nSPS) is 12.9. The second kappa shape index (κ2) is 5.63. The highest BCUT2D eigenvalue weighted by Gasteiger charge is 2.18. The predicted molar refractivity (Wildman–Crippen MR) is 86.7 cm³/mol. The van der Waals surface area contributed by atoms with Crippen molar-refractivity contribution in [2.75, 3.05) is 6.54 Å². The Morgan fingerprint density at radius 1 is 1.21 bits per heavy atom. The molecule has 0 saturated carbocycles. The Hall–Kier alpha value is -0.870. The van der Waals surface area contributed by atoms with Crippen LogP contribution in [-0.4, -0.2) is 6.54 Å². The van der Waals surface area contributed by atoms with Crippen LogP contribution < -0.4 is 5.32 Å². The van der Waals surface area contributed by atoms with Gasteiger partial charge >= 0.3 is 0 Å². The zero-order valence-electron chi connectivity index (χ0n) is 10.5. The number of rotatable bonds is 4. The van der Waals surface area contributed by atoms with Crippen LogP contribution in [0.4, 0.5) is 0 Å². The number of fused-ring (bicyclic) bond motifs is 1. The van der Waals surface area contributed by atoms with Crippen LogP contribution in [0.2, 0.25) is 5.02 Å². The quantitative estimate of drug-likeness (QED) is 0.688. The minimum absolute atomic E-state index is 0.184. The van der Waals surface area contributed by atoms with Gasteiger partial charge in [-0.1, -0.05) is 36.7 Å². The summed E-state index contributed by atoms with van der Waals surface area (Å²) in [6.07, 6.45) is 0. The molecule has 3 rings (SSSR count). The van der Waals surface area contributed by atoms with Crippen LogP contribution in [-0.2, 0) is 0 Å². The van der Waals surface area contributed by atoms with Crippen LogP contribution in [0.25, 0.3) is 9.40 Å². The van der Waals surface area contributed by atoms with Crippen LogP contribution in [0.3, 0.4) is 0 Å². The molecular formula is C15H14ClNS2. The van der Waals surface area contributed by atoms with E-state index in [2.05, 4.69) is 35.8 Å². The Kier molecular flexibility index (Phi) is 3.89. The van der Waals surface area contributed by atoms with Gasteiger partial charge in [0.1, 0.15) is 0 Å². The highest BCUT2D eigenvalue weighted by molar-refractivity contribution is 7.27. The van der Waals surface area contributed by atoms with Gasteiger partial charge in [-0.15, -0.1) is 22.7 Å². The number of hydrogen-bond donors (Lipinski definition) is 1. The molecule has 19 heavy (non-hydrogen) atoms. The first-order valence-electron chi connectivity index (χ1n) is 6.24. The Bertz CT molecular complexity index is 658. The third kappa shape index (κ3) is 2.56. The molecule has 0 fully saturated rings. The highest BCUT2D eigenvalue weighted by Crippen LogP contribution is 2.37. The minimum atomic E-state index is 0.184. The Balaban J connectivity index is 2.06. The van der Waals surface area contributed by atoms with E-state index in [1.807, 2.05) is 29.5 Å². The van der Waals surface area contributed by atoms with Crippen molar-refractivity contribution in [1.29, 1.82) is 0 Å². The van der Waals surface area contributed by atoms with Gasteiger partial charge in [0.15, 0.2) is 0 Å². The van der Waals surface area contributed by atoms with E-state index in [9.17, 15) is 0 Å². The zero-order valence-corrected chi connectivity index (χ0v) is 12.9. The van der Waals surface area contributed by atoms with E-state index in [-0.39, 0.29) is 6.04 Å². The largest absolute Gasteiger partial charge is 0.306 e. The number of nitrogens with one attached hydrogen (secondary N) is 1. The molecule has 0 aliphatic heterocycles.